The molecule has 37 heavy (non-hydrogen) atoms. The molecule has 2 aromatic carbocycles. The molecule has 0 unspecified atom stereocenters. The maximum Gasteiger partial charge on any atom is 1.00 e. The maximum atomic E-state index is 11.1. The van der Waals surface area contributed by atoms with E-state index < -0.39 is 5.97 Å². The molecule has 0 aliphatic rings. The number of hydrogen-bond donors (Lipinski definition) is 1. The van der Waals surface area contributed by atoms with Crippen molar-refractivity contribution in [2.75, 3.05) is 37.9 Å². The Morgan fingerprint density at radius 1 is 0.919 bits per heavy atom. The van der Waals surface area contributed by atoms with Crippen molar-refractivity contribution < 1.29 is 148 Å². The number of phenolic OH excluding ortho intramolecular Hbond substituents is 1. The average molecular weight is 678 g/mol. The van der Waals surface area contributed by atoms with Gasteiger partial charge in [-0.25, -0.2) is 9.59 Å². The van der Waals surface area contributed by atoms with E-state index in [1.807, 2.05) is 0 Å². The molecule has 2 aromatic rings. The molecule has 0 saturated heterocycles. The summed E-state index contributed by atoms with van der Waals surface area (Å²) >= 11 is 14.0. The number of rotatable bonds is 9. The molecule has 2 rings (SSSR count). The SMILES string of the molecule is COC(=O)c1ccc(O)cc1.COC(=O)c1ccc(OCCCCl)cc1.ClCCCBr.O=CO[O-].[H-].[K+].[K+]. The summed E-state index contributed by atoms with van der Waals surface area (Å²) in [4.78, 5) is 33.2. The molecule has 198 valence electrons. The van der Waals surface area contributed by atoms with Gasteiger partial charge in [0.15, 0.2) is 0 Å². The molecule has 0 aliphatic carbocycles. The molecule has 0 radical (unpaired) electrons. The number of carbonyl (C=O) groups excluding carboxylic acids is 3. The van der Waals surface area contributed by atoms with Crippen LogP contribution in [0.3, 0.4) is 0 Å². The van der Waals surface area contributed by atoms with Crippen LogP contribution in [0.2, 0.25) is 0 Å². The van der Waals surface area contributed by atoms with Gasteiger partial charge in [-0.2, -0.15) is 0 Å². The normalized spacial score (nSPS) is 8.38. The summed E-state index contributed by atoms with van der Waals surface area (Å²) in [6, 6.07) is 12.7. The average Bonchev–Trinajstić information content (AvgIpc) is 2.90. The van der Waals surface area contributed by atoms with Crippen LogP contribution in [0, 0.1) is 0 Å². The van der Waals surface area contributed by atoms with Crippen molar-refractivity contribution in [1.29, 1.82) is 0 Å². The molecule has 1 N–H and O–H groups in total. The van der Waals surface area contributed by atoms with Crippen molar-refractivity contribution in [3.8, 4) is 11.5 Å². The molecule has 0 fully saturated rings. The van der Waals surface area contributed by atoms with E-state index in [0.29, 0.717) is 23.6 Å². The summed E-state index contributed by atoms with van der Waals surface area (Å²) in [6.07, 6.45) is 1.88. The summed E-state index contributed by atoms with van der Waals surface area (Å²) in [5.41, 5.74) is 0.951. The van der Waals surface area contributed by atoms with E-state index in [1.54, 1.807) is 24.3 Å². The van der Waals surface area contributed by atoms with Crippen molar-refractivity contribution in [2.24, 2.45) is 0 Å². The zero-order chi connectivity index (χ0) is 26.9. The third kappa shape index (κ3) is 26.7. The van der Waals surface area contributed by atoms with Crippen LogP contribution in [0.5, 0.6) is 11.5 Å². The number of hydrogen-bond acceptors (Lipinski definition) is 9. The molecule has 0 spiro atoms. The number of phenols is 1. The van der Waals surface area contributed by atoms with Crippen LogP contribution >= 0.6 is 39.1 Å². The van der Waals surface area contributed by atoms with Gasteiger partial charge in [0.05, 0.1) is 32.0 Å². The largest absolute Gasteiger partial charge is 1.00 e. The molecule has 0 bridgehead atoms. The molecule has 0 aliphatic heterocycles. The van der Waals surface area contributed by atoms with Gasteiger partial charge in [-0.1, -0.05) is 15.9 Å². The van der Waals surface area contributed by atoms with E-state index in [0.717, 1.165) is 29.8 Å². The summed E-state index contributed by atoms with van der Waals surface area (Å²) in [7, 11) is 2.67. The Hall–Kier alpha value is 0.743. The second-order valence-corrected chi connectivity index (χ2v) is 7.42. The van der Waals surface area contributed by atoms with Crippen molar-refractivity contribution in [3.63, 3.8) is 0 Å². The van der Waals surface area contributed by atoms with Crippen molar-refractivity contribution >= 4 is 57.5 Å². The van der Waals surface area contributed by atoms with Crippen LogP contribution in [0.25, 0.3) is 0 Å². The summed E-state index contributed by atoms with van der Waals surface area (Å²) in [6.45, 7) is 0.404. The van der Waals surface area contributed by atoms with Gasteiger partial charge in [0, 0.05) is 17.1 Å². The van der Waals surface area contributed by atoms with Gasteiger partial charge >= 0.3 is 115 Å². The summed E-state index contributed by atoms with van der Waals surface area (Å²) in [5, 5.41) is 18.3. The van der Waals surface area contributed by atoms with Gasteiger partial charge in [0.2, 0.25) is 0 Å². The second kappa shape index (κ2) is 33.0. The molecule has 0 aromatic heterocycles. The first-order chi connectivity index (χ1) is 16.8. The van der Waals surface area contributed by atoms with Gasteiger partial charge in [0.25, 0.3) is 6.47 Å². The van der Waals surface area contributed by atoms with E-state index >= 15 is 0 Å². The van der Waals surface area contributed by atoms with E-state index in [4.69, 9.17) is 43.1 Å². The zero-order valence-electron chi connectivity index (χ0n) is 22.3. The molecule has 9 nitrogen and oxygen atoms in total. The number of esters is 2. The Bertz CT molecular complexity index is 820. The molecular weight excluding hydrogens is 649 g/mol. The minimum atomic E-state index is -0.398. The van der Waals surface area contributed by atoms with Crippen LogP contribution in [-0.4, -0.2) is 61.4 Å². The Morgan fingerprint density at radius 3 is 1.62 bits per heavy atom. The number of halogens is 3. The Kier molecular flexibility index (Phi) is 39.9. The number of benzene rings is 2. The smallest absolute Gasteiger partial charge is 1.00 e. The van der Waals surface area contributed by atoms with E-state index in [9.17, 15) is 9.59 Å². The quantitative estimate of drug-likeness (QED) is 0.0623. The fourth-order valence-corrected chi connectivity index (χ4v) is 2.66. The van der Waals surface area contributed by atoms with Crippen molar-refractivity contribution in [2.45, 2.75) is 12.8 Å². The molecule has 14 heteroatoms. The first-order valence-electron chi connectivity index (χ1n) is 9.93. The van der Waals surface area contributed by atoms with Gasteiger partial charge in [-0.15, -0.1) is 23.2 Å². The number of ether oxygens (including phenoxy) is 3. The first kappa shape index (κ1) is 44.8. The Labute approximate surface area is 322 Å². The van der Waals surface area contributed by atoms with Gasteiger partial charge in [-0.3, -0.25) is 4.79 Å². The molecular formula is C23H29BrCl2K2O9. The van der Waals surface area contributed by atoms with Crippen LogP contribution in [0.4, 0.5) is 0 Å². The monoisotopic (exact) mass is 676 g/mol. The van der Waals surface area contributed by atoms with Gasteiger partial charge in [0.1, 0.15) is 11.5 Å². The fourth-order valence-electron chi connectivity index (χ4n) is 1.82. The topological polar surface area (TPSA) is 131 Å². The van der Waals surface area contributed by atoms with Crippen LogP contribution in [-0.2, 0) is 19.2 Å². The molecule has 0 atom stereocenters. The maximum absolute atomic E-state index is 11.1. The van der Waals surface area contributed by atoms with Crippen LogP contribution < -0.4 is 113 Å². The second-order valence-electron chi connectivity index (χ2n) is 5.87. The number of aromatic hydroxyl groups is 1. The van der Waals surface area contributed by atoms with Crippen molar-refractivity contribution in [1.82, 2.24) is 0 Å². The Morgan fingerprint density at radius 2 is 1.32 bits per heavy atom. The third-order valence-electron chi connectivity index (χ3n) is 3.42. The number of alkyl halides is 3. The fraction of sp³-hybridized carbons (Fsp3) is 0.348. The number of methoxy groups -OCH3 is 2. The van der Waals surface area contributed by atoms with Crippen molar-refractivity contribution in [3.05, 3.63) is 59.7 Å². The predicted octanol–water partition coefficient (Wildman–Crippen LogP) is -1.77. The number of carbonyl (C=O) groups is 3. The van der Waals surface area contributed by atoms with Gasteiger partial charge in [-0.05, 0) is 61.4 Å². The molecule has 0 saturated carbocycles. The summed E-state index contributed by atoms with van der Waals surface area (Å²) < 4.78 is 14.4. The molecule has 0 amide bonds. The van der Waals surface area contributed by atoms with E-state index in [-0.39, 0.29) is 122 Å². The van der Waals surface area contributed by atoms with Crippen LogP contribution in [0.1, 0.15) is 35.0 Å². The zero-order valence-corrected chi connectivity index (χ0v) is 30.6. The minimum absolute atomic E-state index is 0. The van der Waals surface area contributed by atoms with E-state index in [2.05, 4.69) is 30.3 Å². The Balaban J connectivity index is -0.000000140. The standard InChI is InChI=1S/C11H13ClO3.C8H8O3.C3H6BrCl.CH2O3.2K.H/c1-14-11(13)9-3-5-10(6-4-9)15-8-2-7-12;1-11-8(10)6-2-4-7(9)5-3-6;4-2-1-3-5;2-1-4-3;;;/h3-6H,2,7-8H2,1H3;2-5,9H,1H3;1-3H2;1,3H;;;/q;;;;2*+1;-1/p-1. The van der Waals surface area contributed by atoms with Crippen LogP contribution in [0.15, 0.2) is 48.5 Å². The first-order valence-corrected chi connectivity index (χ1v) is 12.1. The van der Waals surface area contributed by atoms with Gasteiger partial charge < -0.3 is 30.9 Å². The molecule has 0 heterocycles. The predicted molar refractivity (Wildman–Crippen MR) is 135 cm³/mol. The minimum Gasteiger partial charge on any atom is -1.00 e. The van der Waals surface area contributed by atoms with E-state index in [1.165, 1.54) is 38.5 Å². The third-order valence-corrected chi connectivity index (χ3v) is 4.51. The summed E-state index contributed by atoms with van der Waals surface area (Å²) in [5.74, 6) is 1.48.